The molecule has 2 aliphatic rings. The van der Waals surface area contributed by atoms with Crippen molar-refractivity contribution in [2.45, 2.75) is 6.54 Å². The molecule has 2 aromatic rings. The molecule has 1 saturated heterocycles. The summed E-state index contributed by atoms with van der Waals surface area (Å²) < 4.78 is 16.1. The smallest absolute Gasteiger partial charge is 0.266 e. The minimum atomic E-state index is -0.480. The molecule has 2 aliphatic heterocycles. The molecule has 7 nitrogen and oxygen atoms in total. The summed E-state index contributed by atoms with van der Waals surface area (Å²) in [5.41, 5.74) is 2.37. The van der Waals surface area contributed by atoms with Crippen LogP contribution in [0.2, 0.25) is 0 Å². The molecule has 0 bridgehead atoms. The zero-order valence-electron chi connectivity index (χ0n) is 17.2. The predicted octanol–water partition coefficient (Wildman–Crippen LogP) is 3.52. The van der Waals surface area contributed by atoms with Crippen molar-refractivity contribution < 1.29 is 19.0 Å². The van der Waals surface area contributed by atoms with Gasteiger partial charge in [0, 0.05) is 48.5 Å². The molecule has 1 N–H and O–H groups in total. The van der Waals surface area contributed by atoms with Crippen molar-refractivity contribution in [2.75, 3.05) is 43.8 Å². The number of ether oxygens (including phenoxy) is 3. The number of hydrogen-bond acceptors (Lipinski definition) is 7. The summed E-state index contributed by atoms with van der Waals surface area (Å²) >= 11 is 1.97. The highest BCUT2D eigenvalue weighted by Gasteiger charge is 2.17. The molecule has 0 aliphatic carbocycles. The maximum absolute atomic E-state index is 12.7. The Morgan fingerprint density at radius 3 is 2.81 bits per heavy atom. The summed E-state index contributed by atoms with van der Waals surface area (Å²) in [5, 5.41) is 12.3. The highest BCUT2D eigenvalue weighted by atomic mass is 32.2. The second-order valence-corrected chi connectivity index (χ2v) is 8.38. The van der Waals surface area contributed by atoms with Crippen LogP contribution in [-0.2, 0) is 11.3 Å². The topological polar surface area (TPSA) is 83.8 Å². The summed E-state index contributed by atoms with van der Waals surface area (Å²) in [6.07, 6.45) is 1.59. The number of methoxy groups -OCH3 is 1. The summed E-state index contributed by atoms with van der Waals surface area (Å²) in [7, 11) is 1.65. The van der Waals surface area contributed by atoms with Gasteiger partial charge in [-0.1, -0.05) is 6.07 Å². The zero-order valence-corrected chi connectivity index (χ0v) is 18.0. The molecule has 0 atom stereocenters. The Kier molecular flexibility index (Phi) is 6.65. The van der Waals surface area contributed by atoms with Gasteiger partial charge in [0.25, 0.3) is 5.91 Å². The van der Waals surface area contributed by atoms with E-state index in [0.717, 1.165) is 48.0 Å². The van der Waals surface area contributed by atoms with Crippen LogP contribution in [0.5, 0.6) is 17.2 Å². The number of fused-ring (bicyclic) bond motifs is 1. The van der Waals surface area contributed by atoms with E-state index in [1.54, 1.807) is 31.4 Å². The van der Waals surface area contributed by atoms with Gasteiger partial charge in [0.1, 0.15) is 17.4 Å². The highest BCUT2D eigenvalue weighted by molar-refractivity contribution is 7.99. The molecule has 0 unspecified atom stereocenters. The molecule has 0 saturated carbocycles. The van der Waals surface area contributed by atoms with Crippen LogP contribution in [0.25, 0.3) is 6.08 Å². The van der Waals surface area contributed by atoms with Crippen LogP contribution in [-0.4, -0.2) is 49.3 Å². The third-order valence-electron chi connectivity index (χ3n) is 5.11. The van der Waals surface area contributed by atoms with E-state index in [9.17, 15) is 10.1 Å². The molecule has 0 spiro atoms. The highest BCUT2D eigenvalue weighted by Crippen LogP contribution is 2.34. The van der Waals surface area contributed by atoms with Crippen molar-refractivity contribution in [1.29, 1.82) is 5.26 Å². The van der Waals surface area contributed by atoms with Gasteiger partial charge >= 0.3 is 0 Å². The number of rotatable bonds is 6. The van der Waals surface area contributed by atoms with Gasteiger partial charge in [-0.2, -0.15) is 17.0 Å². The number of thioether (sulfide) groups is 1. The number of anilines is 1. The van der Waals surface area contributed by atoms with Crippen LogP contribution in [0, 0.1) is 11.3 Å². The summed E-state index contributed by atoms with van der Waals surface area (Å²) in [6, 6.07) is 12.8. The van der Waals surface area contributed by atoms with E-state index >= 15 is 0 Å². The quantitative estimate of drug-likeness (QED) is 0.547. The normalized spacial score (nSPS) is 15.9. The average molecular weight is 438 g/mol. The first-order chi connectivity index (χ1) is 15.2. The Bertz CT molecular complexity index is 1040. The molecule has 2 aromatic carbocycles. The number of hydrogen-bond donors (Lipinski definition) is 1. The van der Waals surface area contributed by atoms with Gasteiger partial charge in [-0.25, -0.2) is 0 Å². The van der Waals surface area contributed by atoms with Gasteiger partial charge in [-0.05, 0) is 35.9 Å². The van der Waals surface area contributed by atoms with Gasteiger partial charge in [0.15, 0.2) is 11.5 Å². The lowest BCUT2D eigenvalue weighted by molar-refractivity contribution is -0.112. The minimum absolute atomic E-state index is 0.0168. The Balaban J connectivity index is 1.51. The molecule has 2 heterocycles. The Hall–Kier alpha value is -3.15. The van der Waals surface area contributed by atoms with E-state index in [1.165, 1.54) is 0 Å². The minimum Gasteiger partial charge on any atom is -0.496 e. The summed E-state index contributed by atoms with van der Waals surface area (Å²) in [6.45, 7) is 3.01. The van der Waals surface area contributed by atoms with Crippen molar-refractivity contribution in [2.24, 2.45) is 0 Å². The van der Waals surface area contributed by atoms with Crippen molar-refractivity contribution >= 4 is 29.4 Å². The van der Waals surface area contributed by atoms with Crippen LogP contribution in [0.4, 0.5) is 5.69 Å². The second-order valence-electron chi connectivity index (χ2n) is 7.15. The van der Waals surface area contributed by atoms with E-state index in [0.29, 0.717) is 17.2 Å². The number of carbonyl (C=O) groups is 1. The molecule has 0 radical (unpaired) electrons. The lowest BCUT2D eigenvalue weighted by atomic mass is 10.1. The van der Waals surface area contributed by atoms with Crippen LogP contribution < -0.4 is 19.5 Å². The number of nitrogens with zero attached hydrogens (tertiary/aromatic N) is 2. The molecule has 0 aromatic heterocycles. The maximum Gasteiger partial charge on any atom is 0.266 e. The third-order valence-corrected chi connectivity index (χ3v) is 6.05. The zero-order chi connectivity index (χ0) is 21.6. The number of benzene rings is 2. The number of carbonyl (C=O) groups excluding carboxylic acids is 1. The van der Waals surface area contributed by atoms with Gasteiger partial charge in [-0.15, -0.1) is 0 Å². The van der Waals surface area contributed by atoms with E-state index in [-0.39, 0.29) is 12.4 Å². The second kappa shape index (κ2) is 9.77. The fourth-order valence-corrected chi connectivity index (χ4v) is 4.48. The first kappa shape index (κ1) is 21.1. The maximum atomic E-state index is 12.7. The lowest BCUT2D eigenvalue weighted by Crippen LogP contribution is -2.32. The van der Waals surface area contributed by atoms with Crippen molar-refractivity contribution in [3.8, 4) is 23.3 Å². The van der Waals surface area contributed by atoms with Crippen LogP contribution in [0.1, 0.15) is 11.1 Å². The van der Waals surface area contributed by atoms with Crippen molar-refractivity contribution in [3.63, 3.8) is 0 Å². The molecule has 8 heteroatoms. The molecule has 1 amide bonds. The van der Waals surface area contributed by atoms with E-state index in [1.807, 2.05) is 36.0 Å². The van der Waals surface area contributed by atoms with E-state index in [4.69, 9.17) is 14.2 Å². The standard InChI is InChI=1S/C23H23N3O4S/c1-28-20-4-2-16(11-18(20)14-26-6-8-31-9-7-26)10-17(13-24)23(27)25-19-3-5-21-22(12-19)30-15-29-21/h2-5,10-12H,6-9,14-15H2,1H3,(H,25,27)/b17-10-. The van der Waals surface area contributed by atoms with Gasteiger partial charge < -0.3 is 19.5 Å². The molecule has 1 fully saturated rings. The van der Waals surface area contributed by atoms with Gasteiger partial charge in [0.05, 0.1) is 7.11 Å². The fourth-order valence-electron chi connectivity index (χ4n) is 3.50. The first-order valence-electron chi connectivity index (χ1n) is 9.96. The fraction of sp³-hybridized carbons (Fsp3) is 0.304. The summed E-state index contributed by atoms with van der Waals surface area (Å²) in [5.74, 6) is 3.77. The Morgan fingerprint density at radius 2 is 2.03 bits per heavy atom. The van der Waals surface area contributed by atoms with E-state index < -0.39 is 5.91 Å². The van der Waals surface area contributed by atoms with Gasteiger partial charge in [0.2, 0.25) is 6.79 Å². The van der Waals surface area contributed by atoms with E-state index in [2.05, 4.69) is 10.2 Å². The summed E-state index contributed by atoms with van der Waals surface area (Å²) in [4.78, 5) is 15.1. The van der Waals surface area contributed by atoms with Crippen LogP contribution in [0.15, 0.2) is 42.0 Å². The molecular formula is C23H23N3O4S. The Morgan fingerprint density at radius 1 is 1.23 bits per heavy atom. The van der Waals surface area contributed by atoms with Crippen LogP contribution >= 0.6 is 11.8 Å². The number of nitrogens with one attached hydrogen (secondary N) is 1. The average Bonchev–Trinajstić information content (AvgIpc) is 3.26. The molecule has 4 rings (SSSR count). The SMILES string of the molecule is COc1ccc(/C=C(/C#N)C(=O)Nc2ccc3c(c2)OCO3)cc1CN1CCSCC1. The first-order valence-corrected chi connectivity index (χ1v) is 11.1. The van der Waals surface area contributed by atoms with Crippen molar-refractivity contribution in [3.05, 3.63) is 53.1 Å². The lowest BCUT2D eigenvalue weighted by Gasteiger charge is -2.26. The van der Waals surface area contributed by atoms with Gasteiger partial charge in [-0.3, -0.25) is 9.69 Å². The number of amides is 1. The largest absolute Gasteiger partial charge is 0.496 e. The van der Waals surface area contributed by atoms with Crippen LogP contribution in [0.3, 0.4) is 0 Å². The molecular weight excluding hydrogens is 414 g/mol. The molecule has 160 valence electrons. The predicted molar refractivity (Wildman–Crippen MR) is 120 cm³/mol. The van der Waals surface area contributed by atoms with Crippen molar-refractivity contribution in [1.82, 2.24) is 4.90 Å². The Labute approximate surface area is 185 Å². The molecule has 31 heavy (non-hydrogen) atoms. The monoisotopic (exact) mass is 437 g/mol. The number of nitriles is 1. The third kappa shape index (κ3) is 5.13.